The molecule has 0 saturated carbocycles. The van der Waals surface area contributed by atoms with Gasteiger partial charge in [-0.05, 0) is 17.6 Å². The van der Waals surface area contributed by atoms with E-state index < -0.39 is 0 Å². The van der Waals surface area contributed by atoms with Crippen LogP contribution in [0.5, 0.6) is 11.5 Å². The smallest absolute Gasteiger partial charge is 0.454 e. The highest BCUT2D eigenvalue weighted by Crippen LogP contribution is 2.30. The van der Waals surface area contributed by atoms with Crippen LogP contribution < -0.4 is 14.9 Å². The molecule has 1 aromatic rings. The predicted molar refractivity (Wildman–Crippen MR) is 60.7 cm³/mol. The Morgan fingerprint density at radius 3 is 3.12 bits per heavy atom. The van der Waals surface area contributed by atoms with Gasteiger partial charge < -0.3 is 23.5 Å². The molecular weight excluding hydrogens is 223 g/mol. The summed E-state index contributed by atoms with van der Waals surface area (Å²) in [7, 11) is 1.31. The summed E-state index contributed by atoms with van der Waals surface area (Å²) in [5.41, 5.74) is 0.938. The summed E-state index contributed by atoms with van der Waals surface area (Å²) < 4.78 is 26.9. The first-order valence-electron chi connectivity index (χ1n) is 5.52. The Bertz CT molecular complexity index is 411. The summed E-state index contributed by atoms with van der Waals surface area (Å²) in [6.07, 6.45) is -0.00424. The fraction of sp³-hybridized carbons (Fsp3) is 0.455. The second kappa shape index (κ2) is 4.56. The third kappa shape index (κ3) is 2.11. The Labute approximate surface area is 99.7 Å². The predicted octanol–water partition coefficient (Wildman–Crippen LogP) is 0.172. The van der Waals surface area contributed by atoms with Gasteiger partial charge >= 0.3 is 7.12 Å². The average molecular weight is 236 g/mol. The molecule has 0 spiro atoms. The number of rotatable bonds is 3. The molecule has 1 aromatic carbocycles. The molecule has 1 saturated heterocycles. The van der Waals surface area contributed by atoms with Gasteiger partial charge in [0.2, 0.25) is 6.79 Å². The van der Waals surface area contributed by atoms with E-state index in [1.54, 1.807) is 7.11 Å². The Morgan fingerprint density at radius 2 is 2.24 bits per heavy atom. The molecule has 17 heavy (non-hydrogen) atoms. The minimum absolute atomic E-state index is 0.00424. The van der Waals surface area contributed by atoms with Crippen LogP contribution in [0.1, 0.15) is 0 Å². The van der Waals surface area contributed by atoms with Crippen LogP contribution in [0.15, 0.2) is 18.2 Å². The van der Waals surface area contributed by atoms with E-state index in [-0.39, 0.29) is 20.0 Å². The van der Waals surface area contributed by atoms with Crippen LogP contribution in [0.25, 0.3) is 0 Å². The van der Waals surface area contributed by atoms with E-state index >= 15 is 0 Å². The number of ether oxygens (including phenoxy) is 3. The highest BCUT2D eigenvalue weighted by molar-refractivity contribution is 6.61. The minimum Gasteiger partial charge on any atom is -0.454 e. The summed E-state index contributed by atoms with van der Waals surface area (Å²) in [5.74, 6) is 1.50. The third-order valence-corrected chi connectivity index (χ3v) is 2.77. The lowest BCUT2D eigenvalue weighted by atomic mass is 9.79. The Balaban J connectivity index is 1.73. The van der Waals surface area contributed by atoms with Gasteiger partial charge in [-0.25, -0.2) is 0 Å². The van der Waals surface area contributed by atoms with Crippen molar-refractivity contribution in [3.05, 3.63) is 18.2 Å². The van der Waals surface area contributed by atoms with E-state index in [0.29, 0.717) is 13.2 Å². The van der Waals surface area contributed by atoms with Crippen molar-refractivity contribution in [1.82, 2.24) is 0 Å². The minimum atomic E-state index is -0.343. The highest BCUT2D eigenvalue weighted by atomic mass is 16.7. The topological polar surface area (TPSA) is 46.2 Å². The molecule has 1 atom stereocenters. The van der Waals surface area contributed by atoms with E-state index in [1.807, 2.05) is 18.2 Å². The molecule has 0 bridgehead atoms. The molecule has 90 valence electrons. The molecule has 3 rings (SSSR count). The first-order chi connectivity index (χ1) is 8.36. The number of hydrogen-bond acceptors (Lipinski definition) is 5. The zero-order chi connectivity index (χ0) is 11.7. The number of hydrogen-bond donors (Lipinski definition) is 0. The fourth-order valence-corrected chi connectivity index (χ4v) is 1.96. The normalized spacial score (nSPS) is 22.2. The number of fused-ring (bicyclic) bond motifs is 1. The second-order valence-electron chi connectivity index (χ2n) is 3.99. The van der Waals surface area contributed by atoms with Gasteiger partial charge in [0.25, 0.3) is 0 Å². The third-order valence-electron chi connectivity index (χ3n) is 2.77. The van der Waals surface area contributed by atoms with Crippen molar-refractivity contribution in [3.63, 3.8) is 0 Å². The molecule has 0 aliphatic carbocycles. The van der Waals surface area contributed by atoms with Crippen molar-refractivity contribution >= 4 is 12.6 Å². The Morgan fingerprint density at radius 1 is 1.35 bits per heavy atom. The SMILES string of the molecule is COCC1COB(c2ccc3c(c2)OCO3)O1. The van der Waals surface area contributed by atoms with Crippen LogP contribution in [0.4, 0.5) is 0 Å². The van der Waals surface area contributed by atoms with Crippen molar-refractivity contribution in [2.24, 2.45) is 0 Å². The zero-order valence-corrected chi connectivity index (χ0v) is 9.55. The Hall–Kier alpha value is -1.24. The van der Waals surface area contributed by atoms with Crippen LogP contribution in [0.3, 0.4) is 0 Å². The summed E-state index contributed by atoms with van der Waals surface area (Å²) in [5, 5.41) is 0. The summed E-state index contributed by atoms with van der Waals surface area (Å²) >= 11 is 0. The van der Waals surface area contributed by atoms with E-state index in [4.69, 9.17) is 23.5 Å². The van der Waals surface area contributed by atoms with Crippen LogP contribution in [-0.4, -0.2) is 40.3 Å². The lowest BCUT2D eigenvalue weighted by molar-refractivity contribution is 0.0940. The van der Waals surface area contributed by atoms with Crippen LogP contribution in [0.2, 0.25) is 0 Å². The number of benzene rings is 1. The molecule has 1 fully saturated rings. The zero-order valence-electron chi connectivity index (χ0n) is 9.55. The van der Waals surface area contributed by atoms with Gasteiger partial charge in [-0.2, -0.15) is 0 Å². The summed E-state index contributed by atoms with van der Waals surface area (Å²) in [6, 6.07) is 5.68. The van der Waals surface area contributed by atoms with Crippen LogP contribution in [0, 0.1) is 0 Å². The van der Waals surface area contributed by atoms with Crippen molar-refractivity contribution in [2.75, 3.05) is 27.1 Å². The highest BCUT2D eigenvalue weighted by Gasteiger charge is 2.34. The molecule has 1 unspecified atom stereocenters. The van der Waals surface area contributed by atoms with Gasteiger partial charge in [0.15, 0.2) is 11.5 Å². The van der Waals surface area contributed by atoms with Crippen molar-refractivity contribution in [2.45, 2.75) is 6.10 Å². The largest absolute Gasteiger partial charge is 0.494 e. The molecule has 0 radical (unpaired) electrons. The maximum atomic E-state index is 5.70. The van der Waals surface area contributed by atoms with Crippen molar-refractivity contribution in [3.8, 4) is 11.5 Å². The van der Waals surface area contributed by atoms with Crippen LogP contribution in [-0.2, 0) is 14.0 Å². The Kier molecular flexibility index (Phi) is 2.92. The monoisotopic (exact) mass is 236 g/mol. The molecule has 0 aromatic heterocycles. The van der Waals surface area contributed by atoms with Gasteiger partial charge in [-0.15, -0.1) is 0 Å². The fourth-order valence-electron chi connectivity index (χ4n) is 1.96. The number of methoxy groups -OCH3 is 1. The first kappa shape index (κ1) is 10.9. The van der Waals surface area contributed by atoms with Crippen LogP contribution >= 0.6 is 0 Å². The second-order valence-corrected chi connectivity index (χ2v) is 3.99. The summed E-state index contributed by atoms with van der Waals surface area (Å²) in [6.45, 7) is 1.37. The maximum absolute atomic E-state index is 5.70. The molecule has 2 aliphatic heterocycles. The van der Waals surface area contributed by atoms with Gasteiger partial charge in [-0.3, -0.25) is 0 Å². The van der Waals surface area contributed by atoms with Crippen molar-refractivity contribution in [1.29, 1.82) is 0 Å². The van der Waals surface area contributed by atoms with Gasteiger partial charge in [-0.1, -0.05) is 6.07 Å². The molecule has 5 nitrogen and oxygen atoms in total. The molecule has 0 N–H and O–H groups in total. The molecule has 6 heteroatoms. The van der Waals surface area contributed by atoms with Crippen molar-refractivity contribution < 1.29 is 23.5 Å². The van der Waals surface area contributed by atoms with E-state index in [1.165, 1.54) is 0 Å². The molecule has 0 amide bonds. The van der Waals surface area contributed by atoms with E-state index in [0.717, 1.165) is 17.0 Å². The average Bonchev–Trinajstić information content (AvgIpc) is 2.96. The van der Waals surface area contributed by atoms with E-state index in [9.17, 15) is 0 Å². The maximum Gasteiger partial charge on any atom is 0.494 e. The molecule has 2 aliphatic rings. The molecular formula is C11H13BO5. The standard InChI is InChI=1S/C11H13BO5/c1-13-5-9-6-16-12(17-9)8-2-3-10-11(4-8)15-7-14-10/h2-4,9H,5-7H2,1H3. The van der Waals surface area contributed by atoms with Gasteiger partial charge in [0.05, 0.1) is 19.3 Å². The van der Waals surface area contributed by atoms with E-state index in [2.05, 4.69) is 0 Å². The van der Waals surface area contributed by atoms with Gasteiger partial charge in [0, 0.05) is 7.11 Å². The molecule has 2 heterocycles. The quantitative estimate of drug-likeness (QED) is 0.700. The lowest BCUT2D eigenvalue weighted by Crippen LogP contribution is -2.32. The van der Waals surface area contributed by atoms with Gasteiger partial charge in [0.1, 0.15) is 0 Å². The first-order valence-corrected chi connectivity index (χ1v) is 5.52. The summed E-state index contributed by atoms with van der Waals surface area (Å²) in [4.78, 5) is 0. The lowest BCUT2D eigenvalue weighted by Gasteiger charge is -2.08.